The van der Waals surface area contributed by atoms with E-state index in [1.54, 1.807) is 0 Å². The first kappa shape index (κ1) is 15.2. The van der Waals surface area contributed by atoms with Gasteiger partial charge in [0.1, 0.15) is 0 Å². The third-order valence-electron chi connectivity index (χ3n) is 2.59. The first-order chi connectivity index (χ1) is 7.91. The Balaban J connectivity index is 3.11. The minimum atomic E-state index is 1.11. The molecule has 0 saturated carbocycles. The second-order valence-corrected chi connectivity index (χ2v) is 4.24. The molecule has 0 fully saturated rings. The lowest BCUT2D eigenvalue weighted by atomic mass is 10.1. The summed E-state index contributed by atoms with van der Waals surface area (Å²) < 4.78 is 0. The average Bonchev–Trinajstić information content (AvgIpc) is 2.31. The zero-order valence-corrected chi connectivity index (χ0v) is 11.0. The highest BCUT2D eigenvalue weighted by molar-refractivity contribution is 4.85. The van der Waals surface area contributed by atoms with Crippen molar-refractivity contribution in [1.82, 2.24) is 0 Å². The minimum Gasteiger partial charge on any atom is -0.103 e. The van der Waals surface area contributed by atoms with Crippen LogP contribution in [0.5, 0.6) is 0 Å². The molecule has 0 nitrogen and oxygen atoms in total. The molecule has 0 radical (unpaired) electrons. The molecule has 0 heterocycles. The van der Waals surface area contributed by atoms with Gasteiger partial charge in [-0.2, -0.15) is 0 Å². The van der Waals surface area contributed by atoms with Crippen LogP contribution in [0.1, 0.15) is 64.7 Å². The quantitative estimate of drug-likeness (QED) is 0.304. The zero-order chi connectivity index (χ0) is 11.9. The van der Waals surface area contributed by atoms with Crippen LogP contribution in [-0.2, 0) is 0 Å². The number of rotatable bonds is 11. The molecular weight excluding hydrogens is 192 g/mol. The Kier molecular flexibility index (Phi) is 13.5. The molecule has 92 valence electrons. The Labute approximate surface area is 102 Å². The minimum absolute atomic E-state index is 1.11. The molecule has 0 aromatic heterocycles. The molecule has 0 aliphatic rings. The van der Waals surface area contributed by atoms with E-state index < -0.39 is 0 Å². The van der Waals surface area contributed by atoms with Gasteiger partial charge >= 0.3 is 0 Å². The molecule has 0 spiro atoms. The molecule has 0 saturated heterocycles. The van der Waals surface area contributed by atoms with Crippen molar-refractivity contribution in [3.05, 3.63) is 37.0 Å². The summed E-state index contributed by atoms with van der Waals surface area (Å²) in [5, 5.41) is 0. The summed E-state index contributed by atoms with van der Waals surface area (Å²) >= 11 is 0. The largest absolute Gasteiger partial charge is 0.103 e. The van der Waals surface area contributed by atoms with Crippen molar-refractivity contribution >= 4 is 0 Å². The molecule has 0 aromatic carbocycles. The highest BCUT2D eigenvalue weighted by Gasteiger charge is 1.84. The van der Waals surface area contributed by atoms with Gasteiger partial charge in [0.25, 0.3) is 0 Å². The first-order valence-corrected chi connectivity index (χ1v) is 6.82. The second kappa shape index (κ2) is 14.2. The van der Waals surface area contributed by atoms with Gasteiger partial charge in [-0.1, -0.05) is 50.1 Å². The predicted molar refractivity (Wildman–Crippen MR) is 75.7 cm³/mol. The van der Waals surface area contributed by atoms with Crippen LogP contribution in [0.3, 0.4) is 0 Å². The predicted octanol–water partition coefficient (Wildman–Crippen LogP) is 5.82. The molecule has 0 aromatic rings. The fraction of sp³-hybridized carbons (Fsp3) is 0.625. The molecule has 16 heavy (non-hydrogen) atoms. The van der Waals surface area contributed by atoms with Gasteiger partial charge in [-0.3, -0.25) is 0 Å². The lowest BCUT2D eigenvalue weighted by Gasteiger charge is -1.93. The average molecular weight is 220 g/mol. The summed E-state index contributed by atoms with van der Waals surface area (Å²) in [6.07, 6.45) is 22.5. The van der Waals surface area contributed by atoms with Crippen molar-refractivity contribution in [2.45, 2.75) is 64.7 Å². The molecule has 0 unspecified atom stereocenters. The first-order valence-electron chi connectivity index (χ1n) is 6.82. The van der Waals surface area contributed by atoms with Gasteiger partial charge in [-0.05, 0) is 44.9 Å². The lowest BCUT2D eigenvalue weighted by Crippen LogP contribution is -1.73. The lowest BCUT2D eigenvalue weighted by molar-refractivity contribution is 0.754. The summed E-state index contributed by atoms with van der Waals surface area (Å²) in [7, 11) is 0. The van der Waals surface area contributed by atoms with Crippen molar-refractivity contribution < 1.29 is 0 Å². The van der Waals surface area contributed by atoms with Crippen LogP contribution in [0, 0.1) is 0 Å². The normalized spacial score (nSPS) is 11.6. The maximum atomic E-state index is 3.71. The standard InChI is InChI=1S/C16H28/c1-3-5-7-9-11-13-15-16-14-12-10-8-6-4-2/h3,9-12H,1,4-8,13-16H2,2H3. The fourth-order valence-electron chi connectivity index (χ4n) is 1.53. The van der Waals surface area contributed by atoms with Crippen LogP contribution < -0.4 is 0 Å². The third kappa shape index (κ3) is 13.2. The van der Waals surface area contributed by atoms with Crippen molar-refractivity contribution in [2.75, 3.05) is 0 Å². The van der Waals surface area contributed by atoms with E-state index in [1.165, 1.54) is 44.9 Å². The van der Waals surface area contributed by atoms with Crippen LogP contribution in [0.25, 0.3) is 0 Å². The van der Waals surface area contributed by atoms with E-state index in [4.69, 9.17) is 0 Å². The maximum Gasteiger partial charge on any atom is -0.0316 e. The van der Waals surface area contributed by atoms with Gasteiger partial charge < -0.3 is 0 Å². The molecule has 0 N–H and O–H groups in total. The fourth-order valence-corrected chi connectivity index (χ4v) is 1.53. The van der Waals surface area contributed by atoms with Gasteiger partial charge in [0.05, 0.1) is 0 Å². The van der Waals surface area contributed by atoms with Crippen molar-refractivity contribution in [1.29, 1.82) is 0 Å². The van der Waals surface area contributed by atoms with Crippen LogP contribution in [0.15, 0.2) is 37.0 Å². The van der Waals surface area contributed by atoms with E-state index in [1.807, 2.05) is 6.08 Å². The Morgan fingerprint density at radius 3 is 1.69 bits per heavy atom. The summed E-state index contributed by atoms with van der Waals surface area (Å²) in [5.41, 5.74) is 0. The van der Waals surface area contributed by atoms with Crippen molar-refractivity contribution in [3.8, 4) is 0 Å². The number of allylic oxidation sites excluding steroid dienone is 5. The topological polar surface area (TPSA) is 0 Å². The van der Waals surface area contributed by atoms with Gasteiger partial charge in [0.2, 0.25) is 0 Å². The second-order valence-electron chi connectivity index (χ2n) is 4.24. The van der Waals surface area contributed by atoms with E-state index in [0.717, 1.165) is 12.8 Å². The highest BCUT2D eigenvalue weighted by Crippen LogP contribution is 2.04. The van der Waals surface area contributed by atoms with Gasteiger partial charge in [0.15, 0.2) is 0 Å². The maximum absolute atomic E-state index is 3.71. The van der Waals surface area contributed by atoms with E-state index >= 15 is 0 Å². The molecule has 0 aliphatic carbocycles. The number of unbranched alkanes of at least 4 members (excludes halogenated alkanes) is 6. The van der Waals surface area contributed by atoms with Crippen molar-refractivity contribution in [3.63, 3.8) is 0 Å². The summed E-state index contributed by atoms with van der Waals surface area (Å²) in [5.74, 6) is 0. The van der Waals surface area contributed by atoms with E-state index in [-0.39, 0.29) is 0 Å². The Morgan fingerprint density at radius 1 is 0.688 bits per heavy atom. The van der Waals surface area contributed by atoms with Gasteiger partial charge in [-0.15, -0.1) is 6.58 Å². The molecule has 0 atom stereocenters. The molecule has 0 heteroatoms. The molecule has 0 aliphatic heterocycles. The van der Waals surface area contributed by atoms with Crippen LogP contribution in [-0.4, -0.2) is 0 Å². The summed E-state index contributed by atoms with van der Waals surface area (Å²) in [6.45, 7) is 5.95. The molecule has 0 rings (SSSR count). The van der Waals surface area contributed by atoms with Crippen LogP contribution in [0.2, 0.25) is 0 Å². The summed E-state index contributed by atoms with van der Waals surface area (Å²) in [6, 6.07) is 0. The van der Waals surface area contributed by atoms with Crippen LogP contribution in [0.4, 0.5) is 0 Å². The molecule has 0 amide bonds. The van der Waals surface area contributed by atoms with Gasteiger partial charge in [-0.25, -0.2) is 0 Å². The Bertz CT molecular complexity index is 186. The Morgan fingerprint density at radius 2 is 1.19 bits per heavy atom. The smallest absolute Gasteiger partial charge is 0.0316 e. The van der Waals surface area contributed by atoms with E-state index in [0.29, 0.717) is 0 Å². The SMILES string of the molecule is C=CCCC=CCCCCC=CCCCC. The van der Waals surface area contributed by atoms with Crippen molar-refractivity contribution in [2.24, 2.45) is 0 Å². The highest BCUT2D eigenvalue weighted by atomic mass is 13.9. The molecular formula is C16H28. The monoisotopic (exact) mass is 220 g/mol. The zero-order valence-electron chi connectivity index (χ0n) is 11.0. The van der Waals surface area contributed by atoms with E-state index in [2.05, 4.69) is 37.8 Å². The van der Waals surface area contributed by atoms with Gasteiger partial charge in [0, 0.05) is 0 Å². The molecule has 0 bridgehead atoms. The van der Waals surface area contributed by atoms with Crippen LogP contribution >= 0.6 is 0 Å². The Hall–Kier alpha value is -0.780. The third-order valence-corrected chi connectivity index (χ3v) is 2.59. The van der Waals surface area contributed by atoms with E-state index in [9.17, 15) is 0 Å². The number of hydrogen-bond donors (Lipinski definition) is 0. The summed E-state index contributed by atoms with van der Waals surface area (Å²) in [4.78, 5) is 0. The number of hydrogen-bond acceptors (Lipinski definition) is 0.